The molecule has 2 rings (SSSR count). The average Bonchev–Trinajstić information content (AvgIpc) is 2.68. The van der Waals surface area contributed by atoms with E-state index in [1.807, 2.05) is 6.92 Å². The second-order valence-corrected chi connectivity index (χ2v) is 8.51. The minimum Gasteiger partial charge on any atom is -0.350 e. The highest BCUT2D eigenvalue weighted by Gasteiger charge is 2.21. The van der Waals surface area contributed by atoms with Crippen LogP contribution in [0, 0.1) is 5.82 Å². The highest BCUT2D eigenvalue weighted by atomic mass is 32.2. The summed E-state index contributed by atoms with van der Waals surface area (Å²) in [6.45, 7) is 6.30. The Morgan fingerprint density at radius 2 is 1.61 bits per heavy atom. The molecule has 152 valence electrons. The zero-order valence-corrected chi connectivity index (χ0v) is 17.3. The lowest BCUT2D eigenvalue weighted by atomic mass is 10.1. The average molecular weight is 407 g/mol. The minimum absolute atomic E-state index is 0.114. The number of rotatable bonds is 9. The Bertz CT molecular complexity index is 877. The van der Waals surface area contributed by atoms with Crippen LogP contribution in [-0.4, -0.2) is 31.7 Å². The number of amides is 1. The molecule has 0 radical (unpaired) electrons. The molecule has 0 unspecified atom stereocenters. The number of hydrogen-bond donors (Lipinski definition) is 1. The van der Waals surface area contributed by atoms with Gasteiger partial charge in [0.2, 0.25) is 15.9 Å². The molecule has 1 atom stereocenters. The topological polar surface area (TPSA) is 66.5 Å². The summed E-state index contributed by atoms with van der Waals surface area (Å²) in [5.74, 6) is -0.412. The molecule has 0 aliphatic heterocycles. The SMILES string of the molecule is CCN(CC)S(=O)(=O)c1ccc([C@@H](C)NC(=O)CCc2ccc(F)cc2)cc1. The first kappa shape index (κ1) is 22.0. The summed E-state index contributed by atoms with van der Waals surface area (Å²) in [6.07, 6.45) is 0.824. The van der Waals surface area contributed by atoms with Gasteiger partial charge in [-0.15, -0.1) is 0 Å². The third kappa shape index (κ3) is 5.62. The maximum atomic E-state index is 12.9. The van der Waals surface area contributed by atoms with Crippen LogP contribution in [0.5, 0.6) is 0 Å². The fourth-order valence-corrected chi connectivity index (χ4v) is 4.40. The van der Waals surface area contributed by atoms with Crippen LogP contribution in [0.3, 0.4) is 0 Å². The lowest BCUT2D eigenvalue weighted by molar-refractivity contribution is -0.121. The number of halogens is 1. The largest absolute Gasteiger partial charge is 0.350 e. The third-order valence-electron chi connectivity index (χ3n) is 4.65. The molecule has 0 aliphatic rings. The van der Waals surface area contributed by atoms with Crippen molar-refractivity contribution in [3.05, 3.63) is 65.5 Å². The van der Waals surface area contributed by atoms with Gasteiger partial charge < -0.3 is 5.32 Å². The maximum Gasteiger partial charge on any atom is 0.243 e. The Hall–Kier alpha value is -2.25. The zero-order valence-electron chi connectivity index (χ0n) is 16.5. The molecule has 1 amide bonds. The molecule has 28 heavy (non-hydrogen) atoms. The smallest absolute Gasteiger partial charge is 0.243 e. The predicted molar refractivity (Wildman–Crippen MR) is 108 cm³/mol. The standard InChI is InChI=1S/C21H27FN2O3S/c1-4-24(5-2)28(26,27)20-13-9-18(10-14-20)16(3)23-21(25)15-8-17-6-11-19(22)12-7-17/h6-7,9-14,16H,4-5,8,15H2,1-3H3,(H,23,25)/t16-/m1/s1. The molecule has 0 aromatic heterocycles. The highest BCUT2D eigenvalue weighted by Crippen LogP contribution is 2.19. The molecule has 0 saturated heterocycles. The maximum absolute atomic E-state index is 12.9. The van der Waals surface area contributed by atoms with E-state index >= 15 is 0 Å². The molecule has 7 heteroatoms. The number of sulfonamides is 1. The molecule has 0 bridgehead atoms. The van der Waals surface area contributed by atoms with Crippen molar-refractivity contribution < 1.29 is 17.6 Å². The van der Waals surface area contributed by atoms with E-state index in [9.17, 15) is 17.6 Å². The number of hydrogen-bond acceptors (Lipinski definition) is 3. The van der Waals surface area contributed by atoms with Crippen molar-refractivity contribution in [2.24, 2.45) is 0 Å². The van der Waals surface area contributed by atoms with Crippen molar-refractivity contribution in [1.82, 2.24) is 9.62 Å². The van der Waals surface area contributed by atoms with E-state index in [4.69, 9.17) is 0 Å². The second kappa shape index (κ2) is 9.80. The molecule has 1 N–H and O–H groups in total. The van der Waals surface area contributed by atoms with Crippen LogP contribution in [0.2, 0.25) is 0 Å². The van der Waals surface area contributed by atoms with Gasteiger partial charge in [0.25, 0.3) is 0 Å². The molecule has 2 aromatic rings. The van der Waals surface area contributed by atoms with Crippen molar-refractivity contribution in [2.75, 3.05) is 13.1 Å². The van der Waals surface area contributed by atoms with E-state index in [0.717, 1.165) is 11.1 Å². The van der Waals surface area contributed by atoms with Crippen molar-refractivity contribution in [3.63, 3.8) is 0 Å². The summed E-state index contributed by atoms with van der Waals surface area (Å²) in [6, 6.07) is 12.4. The summed E-state index contributed by atoms with van der Waals surface area (Å²) in [4.78, 5) is 12.4. The van der Waals surface area contributed by atoms with Gasteiger partial charge in [-0.2, -0.15) is 4.31 Å². The predicted octanol–water partition coefficient (Wildman–Crippen LogP) is 3.67. The first-order valence-electron chi connectivity index (χ1n) is 9.41. The lowest BCUT2D eigenvalue weighted by Gasteiger charge is -2.19. The van der Waals surface area contributed by atoms with Gasteiger partial charge in [-0.05, 0) is 48.7 Å². The Morgan fingerprint density at radius 3 is 2.14 bits per heavy atom. The van der Waals surface area contributed by atoms with Crippen molar-refractivity contribution in [1.29, 1.82) is 0 Å². The number of nitrogens with zero attached hydrogens (tertiary/aromatic N) is 1. The Kier molecular flexibility index (Phi) is 7.71. The molecule has 0 spiro atoms. The van der Waals surface area contributed by atoms with Crippen LogP contribution < -0.4 is 5.32 Å². The van der Waals surface area contributed by atoms with Crippen LogP contribution in [0.15, 0.2) is 53.4 Å². The Balaban J connectivity index is 1.95. The normalized spacial score (nSPS) is 12.8. The van der Waals surface area contributed by atoms with E-state index in [0.29, 0.717) is 25.9 Å². The van der Waals surface area contributed by atoms with Crippen LogP contribution >= 0.6 is 0 Å². The fraction of sp³-hybridized carbons (Fsp3) is 0.381. The first-order chi connectivity index (χ1) is 13.3. The zero-order chi connectivity index (χ0) is 20.7. The molecule has 0 aliphatic carbocycles. The van der Waals surface area contributed by atoms with Gasteiger partial charge in [0.05, 0.1) is 10.9 Å². The summed E-state index contributed by atoms with van der Waals surface area (Å²) in [7, 11) is -3.49. The van der Waals surface area contributed by atoms with Gasteiger partial charge in [-0.25, -0.2) is 12.8 Å². The third-order valence-corrected chi connectivity index (χ3v) is 6.72. The lowest BCUT2D eigenvalue weighted by Crippen LogP contribution is -2.30. The van der Waals surface area contributed by atoms with Crippen molar-refractivity contribution in [3.8, 4) is 0 Å². The summed E-state index contributed by atoms with van der Waals surface area (Å²) < 4.78 is 39.4. The first-order valence-corrected chi connectivity index (χ1v) is 10.9. The number of aryl methyl sites for hydroxylation is 1. The quantitative estimate of drug-likeness (QED) is 0.691. The summed E-state index contributed by atoms with van der Waals surface area (Å²) in [5.41, 5.74) is 1.73. The Morgan fingerprint density at radius 1 is 1.04 bits per heavy atom. The minimum atomic E-state index is -3.49. The molecular formula is C21H27FN2O3S. The Labute approximate surface area is 166 Å². The number of nitrogens with one attached hydrogen (secondary N) is 1. The number of carbonyl (C=O) groups excluding carboxylic acids is 1. The molecule has 5 nitrogen and oxygen atoms in total. The van der Waals surface area contributed by atoms with Gasteiger partial charge >= 0.3 is 0 Å². The monoisotopic (exact) mass is 406 g/mol. The molecule has 0 saturated carbocycles. The van der Waals surface area contributed by atoms with E-state index < -0.39 is 10.0 Å². The van der Waals surface area contributed by atoms with Crippen LogP contribution in [-0.2, 0) is 21.2 Å². The fourth-order valence-electron chi connectivity index (χ4n) is 2.95. The molecular weight excluding hydrogens is 379 g/mol. The van der Waals surface area contributed by atoms with Crippen LogP contribution in [0.4, 0.5) is 4.39 Å². The van der Waals surface area contributed by atoms with Gasteiger partial charge in [0.15, 0.2) is 0 Å². The van der Waals surface area contributed by atoms with Crippen molar-refractivity contribution >= 4 is 15.9 Å². The van der Waals surface area contributed by atoms with Crippen LogP contribution in [0.1, 0.15) is 44.4 Å². The van der Waals surface area contributed by atoms with Gasteiger partial charge in [0.1, 0.15) is 5.82 Å². The van der Waals surface area contributed by atoms with Gasteiger partial charge in [-0.3, -0.25) is 4.79 Å². The van der Waals surface area contributed by atoms with E-state index in [1.165, 1.54) is 16.4 Å². The van der Waals surface area contributed by atoms with E-state index in [-0.39, 0.29) is 22.7 Å². The summed E-state index contributed by atoms with van der Waals surface area (Å²) >= 11 is 0. The highest BCUT2D eigenvalue weighted by molar-refractivity contribution is 7.89. The van der Waals surface area contributed by atoms with Gasteiger partial charge in [-0.1, -0.05) is 38.1 Å². The summed E-state index contributed by atoms with van der Waals surface area (Å²) in [5, 5.41) is 2.91. The molecule has 0 heterocycles. The molecule has 2 aromatic carbocycles. The number of benzene rings is 2. The van der Waals surface area contributed by atoms with Crippen LogP contribution in [0.25, 0.3) is 0 Å². The van der Waals surface area contributed by atoms with Crippen molar-refractivity contribution in [2.45, 2.75) is 44.6 Å². The van der Waals surface area contributed by atoms with E-state index in [2.05, 4.69) is 5.32 Å². The van der Waals surface area contributed by atoms with E-state index in [1.54, 1.807) is 50.2 Å². The van der Waals surface area contributed by atoms with Gasteiger partial charge in [0, 0.05) is 19.5 Å². The number of carbonyl (C=O) groups is 1. The second-order valence-electron chi connectivity index (χ2n) is 6.57. The molecule has 0 fully saturated rings.